The van der Waals surface area contributed by atoms with E-state index in [9.17, 15) is 8.78 Å². The lowest BCUT2D eigenvalue weighted by Gasteiger charge is -2.03. The Morgan fingerprint density at radius 1 is 0.913 bits per heavy atom. The molecule has 0 aliphatic carbocycles. The minimum atomic E-state index is -0.251. The molecule has 2 aromatic carbocycles. The van der Waals surface area contributed by atoms with Crippen molar-refractivity contribution in [3.8, 4) is 0 Å². The summed E-state index contributed by atoms with van der Waals surface area (Å²) in [6.07, 6.45) is 0. The monoisotopic (exact) mass is 349 g/mol. The first-order valence-corrected chi connectivity index (χ1v) is 8.69. The molecule has 0 bridgehead atoms. The zero-order valence-electron chi connectivity index (χ0n) is 12.0. The van der Waals surface area contributed by atoms with Crippen molar-refractivity contribution in [1.82, 2.24) is 10.2 Å². The third-order valence-corrected chi connectivity index (χ3v) is 5.17. The van der Waals surface area contributed by atoms with Gasteiger partial charge in [0.1, 0.15) is 11.6 Å². The van der Waals surface area contributed by atoms with E-state index >= 15 is 0 Å². The topological polar surface area (TPSA) is 37.8 Å². The predicted octanol–water partition coefficient (Wildman–Crippen LogP) is 4.72. The van der Waals surface area contributed by atoms with E-state index in [-0.39, 0.29) is 11.6 Å². The second kappa shape index (κ2) is 7.52. The average Bonchev–Trinajstić information content (AvgIpc) is 3.01. The molecule has 0 saturated heterocycles. The molecule has 7 heteroatoms. The van der Waals surface area contributed by atoms with E-state index in [0.29, 0.717) is 28.6 Å². The maximum Gasteiger partial charge on any atom is 0.206 e. The highest BCUT2D eigenvalue weighted by Gasteiger charge is 2.08. The van der Waals surface area contributed by atoms with Crippen molar-refractivity contribution in [2.45, 2.75) is 16.6 Å². The fourth-order valence-corrected chi connectivity index (χ4v) is 3.64. The van der Waals surface area contributed by atoms with Crippen molar-refractivity contribution in [2.24, 2.45) is 0 Å². The number of nitrogens with zero attached hydrogens (tertiary/aromatic N) is 2. The van der Waals surface area contributed by atoms with Crippen LogP contribution < -0.4 is 5.32 Å². The normalized spacial score (nSPS) is 10.7. The van der Waals surface area contributed by atoms with Crippen molar-refractivity contribution >= 4 is 28.2 Å². The average molecular weight is 349 g/mol. The van der Waals surface area contributed by atoms with E-state index in [4.69, 9.17) is 0 Å². The molecule has 0 fully saturated rings. The molecule has 3 aromatic rings. The number of aromatic nitrogens is 2. The van der Waals surface area contributed by atoms with Gasteiger partial charge in [0.15, 0.2) is 4.34 Å². The van der Waals surface area contributed by atoms with Gasteiger partial charge in [-0.15, -0.1) is 10.2 Å². The predicted molar refractivity (Wildman–Crippen MR) is 89.6 cm³/mol. The number of benzene rings is 2. The van der Waals surface area contributed by atoms with Gasteiger partial charge < -0.3 is 5.32 Å². The fraction of sp³-hybridized carbons (Fsp3) is 0.125. The summed E-state index contributed by atoms with van der Waals surface area (Å²) in [5, 5.41) is 11.7. The maximum atomic E-state index is 13.6. The van der Waals surface area contributed by atoms with Gasteiger partial charge in [0.2, 0.25) is 5.13 Å². The highest BCUT2D eigenvalue weighted by molar-refractivity contribution is 8.00. The van der Waals surface area contributed by atoms with Gasteiger partial charge in [0.05, 0.1) is 0 Å². The molecule has 0 radical (unpaired) electrons. The number of thioether (sulfide) groups is 1. The van der Waals surface area contributed by atoms with Crippen LogP contribution in [-0.4, -0.2) is 10.2 Å². The van der Waals surface area contributed by atoms with Crippen molar-refractivity contribution in [3.05, 3.63) is 71.3 Å². The molecule has 1 N–H and O–H groups in total. The minimum absolute atomic E-state index is 0.220. The van der Waals surface area contributed by atoms with Gasteiger partial charge in [-0.1, -0.05) is 59.5 Å². The van der Waals surface area contributed by atoms with Crippen molar-refractivity contribution in [2.75, 3.05) is 5.32 Å². The van der Waals surface area contributed by atoms with Gasteiger partial charge in [0, 0.05) is 17.9 Å². The second-order valence-electron chi connectivity index (χ2n) is 4.70. The highest BCUT2D eigenvalue weighted by atomic mass is 32.2. The van der Waals surface area contributed by atoms with Gasteiger partial charge >= 0.3 is 0 Å². The Morgan fingerprint density at radius 2 is 1.57 bits per heavy atom. The Labute approximate surface area is 140 Å². The summed E-state index contributed by atoms with van der Waals surface area (Å²) in [7, 11) is 0. The third-order valence-electron chi connectivity index (χ3n) is 3.10. The second-order valence-corrected chi connectivity index (χ2v) is 6.90. The Hall–Kier alpha value is -1.99. The molecule has 1 aromatic heterocycles. The molecule has 0 aliphatic heterocycles. The van der Waals surface area contributed by atoms with Crippen LogP contribution in [0.15, 0.2) is 52.9 Å². The van der Waals surface area contributed by atoms with Crippen LogP contribution in [0.25, 0.3) is 0 Å². The smallest absolute Gasteiger partial charge is 0.206 e. The lowest BCUT2D eigenvalue weighted by molar-refractivity contribution is 0.613. The lowest BCUT2D eigenvalue weighted by atomic mass is 10.2. The minimum Gasteiger partial charge on any atom is -0.356 e. The summed E-state index contributed by atoms with van der Waals surface area (Å²) in [6.45, 7) is 0.347. The van der Waals surface area contributed by atoms with E-state index in [2.05, 4.69) is 15.5 Å². The number of hydrogen-bond donors (Lipinski definition) is 1. The Balaban J connectivity index is 1.56. The quantitative estimate of drug-likeness (QED) is 0.654. The molecule has 3 nitrogen and oxygen atoms in total. The van der Waals surface area contributed by atoms with Crippen molar-refractivity contribution in [1.29, 1.82) is 0 Å². The third kappa shape index (κ3) is 4.27. The molecule has 118 valence electrons. The van der Waals surface area contributed by atoms with Crippen LogP contribution in [0.2, 0.25) is 0 Å². The number of nitrogens with one attached hydrogen (secondary N) is 1. The molecule has 0 spiro atoms. The zero-order chi connectivity index (χ0) is 16.1. The first-order valence-electron chi connectivity index (χ1n) is 6.89. The molecule has 0 saturated carbocycles. The van der Waals surface area contributed by atoms with Crippen LogP contribution in [0.1, 0.15) is 11.1 Å². The summed E-state index contributed by atoms with van der Waals surface area (Å²) in [5.74, 6) is 0.0234. The molecule has 0 unspecified atom stereocenters. The van der Waals surface area contributed by atoms with Gasteiger partial charge in [0.25, 0.3) is 0 Å². The van der Waals surface area contributed by atoms with Gasteiger partial charge in [-0.05, 0) is 17.7 Å². The molecule has 3 rings (SSSR count). The van der Waals surface area contributed by atoms with Gasteiger partial charge in [-0.3, -0.25) is 0 Å². The number of rotatable bonds is 6. The Morgan fingerprint density at radius 3 is 2.26 bits per heavy atom. The first kappa shape index (κ1) is 15.9. The first-order chi connectivity index (χ1) is 11.2. The summed E-state index contributed by atoms with van der Waals surface area (Å²) in [5.41, 5.74) is 1.21. The van der Waals surface area contributed by atoms with E-state index in [1.54, 1.807) is 36.4 Å². The maximum absolute atomic E-state index is 13.6. The van der Waals surface area contributed by atoms with Crippen LogP contribution in [0.4, 0.5) is 13.9 Å². The Bertz CT molecular complexity index is 728. The molecular weight excluding hydrogens is 336 g/mol. The molecule has 1 heterocycles. The highest BCUT2D eigenvalue weighted by Crippen LogP contribution is 2.29. The molecule has 0 amide bonds. The zero-order valence-corrected chi connectivity index (χ0v) is 13.6. The van der Waals surface area contributed by atoms with Crippen LogP contribution in [0, 0.1) is 11.6 Å². The van der Waals surface area contributed by atoms with Crippen LogP contribution in [-0.2, 0) is 12.3 Å². The number of hydrogen-bond acceptors (Lipinski definition) is 5. The molecule has 23 heavy (non-hydrogen) atoms. The SMILES string of the molecule is Fc1ccccc1CNc1nnc(SCc2ccccc2F)s1. The van der Waals surface area contributed by atoms with E-state index in [0.717, 1.165) is 4.34 Å². The summed E-state index contributed by atoms with van der Waals surface area (Å²) < 4.78 is 27.8. The van der Waals surface area contributed by atoms with Crippen LogP contribution in [0.3, 0.4) is 0 Å². The van der Waals surface area contributed by atoms with E-state index in [1.165, 1.54) is 35.2 Å². The van der Waals surface area contributed by atoms with Crippen LogP contribution in [0.5, 0.6) is 0 Å². The standard InChI is InChI=1S/C16H13F2N3S2/c17-13-7-3-1-5-11(13)9-19-15-20-21-16(23-15)22-10-12-6-2-4-8-14(12)18/h1-8H,9-10H2,(H,19,20). The molecule has 0 aliphatic rings. The number of halogens is 2. The fourth-order valence-electron chi connectivity index (χ4n) is 1.91. The van der Waals surface area contributed by atoms with Crippen molar-refractivity contribution in [3.63, 3.8) is 0 Å². The van der Waals surface area contributed by atoms with Gasteiger partial charge in [-0.2, -0.15) is 0 Å². The van der Waals surface area contributed by atoms with E-state index < -0.39 is 0 Å². The van der Waals surface area contributed by atoms with E-state index in [1.807, 2.05) is 0 Å². The van der Waals surface area contributed by atoms with Crippen molar-refractivity contribution < 1.29 is 8.78 Å². The number of anilines is 1. The lowest BCUT2D eigenvalue weighted by Crippen LogP contribution is -2.01. The summed E-state index contributed by atoms with van der Waals surface area (Å²) >= 11 is 2.79. The summed E-state index contributed by atoms with van der Waals surface area (Å²) in [6, 6.07) is 13.2. The molecular formula is C16H13F2N3S2. The molecule has 0 atom stereocenters. The summed E-state index contributed by atoms with van der Waals surface area (Å²) in [4.78, 5) is 0. The Kier molecular flexibility index (Phi) is 5.19. The van der Waals surface area contributed by atoms with Crippen LogP contribution >= 0.6 is 23.1 Å². The largest absolute Gasteiger partial charge is 0.356 e. The van der Waals surface area contributed by atoms with Gasteiger partial charge in [-0.25, -0.2) is 8.78 Å².